The molecule has 76 valence electrons. The van der Waals surface area contributed by atoms with Gasteiger partial charge in [0.2, 0.25) is 0 Å². The van der Waals surface area contributed by atoms with Crippen molar-refractivity contribution in [3.63, 3.8) is 0 Å². The third-order valence-corrected chi connectivity index (χ3v) is 2.11. The lowest BCUT2D eigenvalue weighted by Crippen LogP contribution is -2.29. The third-order valence-electron chi connectivity index (χ3n) is 1.34. The minimum absolute atomic E-state index is 0.0215. The van der Waals surface area contributed by atoms with Crippen LogP contribution >= 0.6 is 11.6 Å². The fourth-order valence-corrected chi connectivity index (χ4v) is 1.38. The summed E-state index contributed by atoms with van der Waals surface area (Å²) in [7, 11) is -4.55. The highest BCUT2D eigenvalue weighted by Crippen LogP contribution is 2.14. The molecule has 0 aliphatic rings. The van der Waals surface area contributed by atoms with Gasteiger partial charge in [-0.3, -0.25) is 9.35 Å². The SMILES string of the molecule is O=C(NS(=O)(=O)O)c1ccccc1Cl. The molecule has 0 saturated carbocycles. The highest BCUT2D eigenvalue weighted by atomic mass is 35.5. The largest absolute Gasteiger partial charge is 0.359 e. The fraction of sp³-hybridized carbons (Fsp3) is 0. The summed E-state index contributed by atoms with van der Waals surface area (Å²) in [5.74, 6) is -0.974. The van der Waals surface area contributed by atoms with Crippen molar-refractivity contribution in [1.29, 1.82) is 0 Å². The molecule has 14 heavy (non-hydrogen) atoms. The highest BCUT2D eigenvalue weighted by molar-refractivity contribution is 7.84. The zero-order valence-corrected chi connectivity index (χ0v) is 8.34. The zero-order chi connectivity index (χ0) is 10.8. The molecule has 0 radical (unpaired) electrons. The molecular formula is C7H6ClNO4S. The molecule has 1 amide bonds. The topological polar surface area (TPSA) is 83.5 Å². The van der Waals surface area contributed by atoms with Crippen LogP contribution in [0.25, 0.3) is 0 Å². The van der Waals surface area contributed by atoms with E-state index in [9.17, 15) is 13.2 Å². The quantitative estimate of drug-likeness (QED) is 0.745. The van der Waals surface area contributed by atoms with Gasteiger partial charge < -0.3 is 0 Å². The number of carbonyl (C=O) groups is 1. The van der Waals surface area contributed by atoms with Crippen LogP contribution in [0.15, 0.2) is 24.3 Å². The van der Waals surface area contributed by atoms with E-state index >= 15 is 0 Å². The van der Waals surface area contributed by atoms with Crippen LogP contribution < -0.4 is 4.72 Å². The molecule has 0 aliphatic carbocycles. The number of benzene rings is 1. The Morgan fingerprint density at radius 2 is 1.93 bits per heavy atom. The van der Waals surface area contributed by atoms with Gasteiger partial charge >= 0.3 is 10.3 Å². The Morgan fingerprint density at radius 1 is 1.36 bits per heavy atom. The monoisotopic (exact) mass is 235 g/mol. The Kier molecular flexibility index (Phi) is 3.10. The van der Waals surface area contributed by atoms with E-state index in [4.69, 9.17) is 16.2 Å². The van der Waals surface area contributed by atoms with E-state index in [2.05, 4.69) is 0 Å². The first-order valence-corrected chi connectivity index (χ1v) is 5.26. The van der Waals surface area contributed by atoms with Crippen molar-refractivity contribution < 1.29 is 17.8 Å². The van der Waals surface area contributed by atoms with Gasteiger partial charge in [0.25, 0.3) is 5.91 Å². The fourth-order valence-electron chi connectivity index (χ4n) is 0.817. The summed E-state index contributed by atoms with van der Waals surface area (Å²) in [5, 5.41) is 0.105. The number of amides is 1. The molecule has 0 fully saturated rings. The van der Waals surface area contributed by atoms with Crippen LogP contribution in [0.1, 0.15) is 10.4 Å². The normalized spacial score (nSPS) is 11.0. The number of carbonyl (C=O) groups excluding carboxylic acids is 1. The maximum absolute atomic E-state index is 11.1. The summed E-state index contributed by atoms with van der Waals surface area (Å²) in [6.07, 6.45) is 0. The van der Waals surface area contributed by atoms with Crippen LogP contribution in [0.5, 0.6) is 0 Å². The van der Waals surface area contributed by atoms with Crippen molar-refractivity contribution in [2.45, 2.75) is 0 Å². The molecule has 0 spiro atoms. The second-order valence-electron chi connectivity index (χ2n) is 2.39. The Hall–Kier alpha value is -1.11. The summed E-state index contributed by atoms with van der Waals surface area (Å²) in [6, 6.07) is 5.88. The van der Waals surface area contributed by atoms with E-state index in [1.807, 2.05) is 0 Å². The Bertz CT molecular complexity index is 457. The molecule has 2 N–H and O–H groups in total. The second-order valence-corrected chi connectivity index (χ2v) is 3.95. The Balaban J connectivity index is 2.97. The van der Waals surface area contributed by atoms with E-state index in [-0.39, 0.29) is 10.6 Å². The Labute approximate surface area is 85.6 Å². The van der Waals surface area contributed by atoms with Crippen LogP contribution in [0, 0.1) is 0 Å². The van der Waals surface area contributed by atoms with Crippen LogP contribution in [-0.2, 0) is 10.3 Å². The van der Waals surface area contributed by atoms with Gasteiger partial charge in [-0.05, 0) is 12.1 Å². The first-order valence-electron chi connectivity index (χ1n) is 3.44. The first kappa shape index (κ1) is 11.0. The Morgan fingerprint density at radius 3 is 2.43 bits per heavy atom. The molecule has 0 heterocycles. The minimum Gasteiger partial charge on any atom is -0.269 e. The van der Waals surface area contributed by atoms with Crippen LogP contribution in [0.2, 0.25) is 5.02 Å². The van der Waals surface area contributed by atoms with E-state index in [0.29, 0.717) is 0 Å². The molecule has 0 atom stereocenters. The van der Waals surface area contributed by atoms with Crippen LogP contribution in [-0.4, -0.2) is 18.9 Å². The van der Waals surface area contributed by atoms with Gasteiger partial charge in [-0.15, -0.1) is 0 Å². The summed E-state index contributed by atoms with van der Waals surface area (Å²) in [5.41, 5.74) is -0.0215. The lowest BCUT2D eigenvalue weighted by molar-refractivity contribution is 0.0979. The number of hydrogen-bond donors (Lipinski definition) is 2. The van der Waals surface area contributed by atoms with Crippen LogP contribution in [0.3, 0.4) is 0 Å². The number of halogens is 1. The van der Waals surface area contributed by atoms with Crippen molar-refractivity contribution in [2.75, 3.05) is 0 Å². The van der Waals surface area contributed by atoms with Gasteiger partial charge in [-0.2, -0.15) is 8.42 Å². The lowest BCUT2D eigenvalue weighted by Gasteiger charge is -2.02. The van der Waals surface area contributed by atoms with E-state index in [1.165, 1.54) is 22.9 Å². The molecule has 1 rings (SSSR count). The molecule has 0 bridgehead atoms. The summed E-state index contributed by atoms with van der Waals surface area (Å²) in [4.78, 5) is 11.1. The first-order chi connectivity index (χ1) is 6.40. The molecule has 7 heteroatoms. The number of rotatable bonds is 2. The maximum Gasteiger partial charge on any atom is 0.359 e. The van der Waals surface area contributed by atoms with Gasteiger partial charge in [0.1, 0.15) is 0 Å². The van der Waals surface area contributed by atoms with Crippen molar-refractivity contribution in [1.82, 2.24) is 4.72 Å². The average molecular weight is 236 g/mol. The predicted molar refractivity (Wildman–Crippen MR) is 50.5 cm³/mol. The van der Waals surface area contributed by atoms with Crippen LogP contribution in [0.4, 0.5) is 0 Å². The van der Waals surface area contributed by atoms with E-state index in [0.717, 1.165) is 0 Å². The lowest BCUT2D eigenvalue weighted by atomic mass is 10.2. The second kappa shape index (κ2) is 3.95. The van der Waals surface area contributed by atoms with Crippen molar-refractivity contribution in [3.8, 4) is 0 Å². The zero-order valence-electron chi connectivity index (χ0n) is 6.77. The van der Waals surface area contributed by atoms with Crippen molar-refractivity contribution in [2.24, 2.45) is 0 Å². The van der Waals surface area contributed by atoms with E-state index in [1.54, 1.807) is 6.07 Å². The average Bonchev–Trinajstić information content (AvgIpc) is 2.01. The molecular weight excluding hydrogens is 230 g/mol. The molecule has 1 aromatic carbocycles. The molecule has 1 aromatic rings. The van der Waals surface area contributed by atoms with Gasteiger partial charge in [0.15, 0.2) is 0 Å². The number of nitrogens with one attached hydrogen (secondary N) is 1. The van der Waals surface area contributed by atoms with Crippen molar-refractivity contribution >= 4 is 27.8 Å². The standard InChI is InChI=1S/C7H6ClNO4S/c8-6-4-2-1-3-5(6)7(10)9-14(11,12)13/h1-4H,(H,9,10)(H,11,12,13). The minimum atomic E-state index is -4.55. The smallest absolute Gasteiger partial charge is 0.269 e. The highest BCUT2D eigenvalue weighted by Gasteiger charge is 2.14. The molecule has 0 unspecified atom stereocenters. The molecule has 0 aliphatic heterocycles. The summed E-state index contributed by atoms with van der Waals surface area (Å²) in [6.45, 7) is 0. The van der Waals surface area contributed by atoms with Gasteiger partial charge in [0, 0.05) is 0 Å². The van der Waals surface area contributed by atoms with Gasteiger partial charge in [-0.25, -0.2) is 4.72 Å². The maximum atomic E-state index is 11.1. The predicted octanol–water partition coefficient (Wildman–Crippen LogP) is 0.873. The molecule has 0 saturated heterocycles. The van der Waals surface area contributed by atoms with Gasteiger partial charge in [0.05, 0.1) is 10.6 Å². The third kappa shape index (κ3) is 2.99. The summed E-state index contributed by atoms with van der Waals surface area (Å²) < 4.78 is 30.3. The van der Waals surface area contributed by atoms with Crippen molar-refractivity contribution in [3.05, 3.63) is 34.9 Å². The molecule has 5 nitrogen and oxygen atoms in total. The molecule has 0 aromatic heterocycles. The van der Waals surface area contributed by atoms with E-state index < -0.39 is 16.2 Å². The van der Waals surface area contributed by atoms with Gasteiger partial charge in [-0.1, -0.05) is 23.7 Å². The number of hydrogen-bond acceptors (Lipinski definition) is 3. The summed E-state index contributed by atoms with van der Waals surface area (Å²) >= 11 is 5.61.